The van der Waals surface area contributed by atoms with Crippen LogP contribution in [0.5, 0.6) is 0 Å². The lowest BCUT2D eigenvalue weighted by molar-refractivity contribution is -0.139. The van der Waals surface area contributed by atoms with Gasteiger partial charge in [0, 0.05) is 19.7 Å². The van der Waals surface area contributed by atoms with Gasteiger partial charge in [-0.05, 0) is 12.8 Å². The summed E-state index contributed by atoms with van der Waals surface area (Å²) in [6.45, 7) is 6.28. The van der Waals surface area contributed by atoms with Crippen LogP contribution in [0.15, 0.2) is 24.3 Å². The van der Waals surface area contributed by atoms with E-state index in [1.54, 1.807) is 18.0 Å². The van der Waals surface area contributed by atoms with E-state index in [0.717, 1.165) is 19.3 Å². The third-order valence-electron chi connectivity index (χ3n) is 3.70. The number of nitrogens with zero attached hydrogens (tertiary/aromatic N) is 1. The van der Waals surface area contributed by atoms with Crippen molar-refractivity contribution in [1.29, 1.82) is 0 Å². The highest BCUT2D eigenvalue weighted by Crippen LogP contribution is 2.23. The number of hydrogen-bond acceptors (Lipinski definition) is 3. The summed E-state index contributed by atoms with van der Waals surface area (Å²) in [6, 6.07) is 0. The summed E-state index contributed by atoms with van der Waals surface area (Å²) in [5, 5.41) is 0. The van der Waals surface area contributed by atoms with Crippen molar-refractivity contribution in [1.82, 2.24) is 4.90 Å². The fourth-order valence-corrected chi connectivity index (χ4v) is 2.48. The lowest BCUT2D eigenvalue weighted by Crippen LogP contribution is -2.31. The highest BCUT2D eigenvalue weighted by molar-refractivity contribution is 6.02. The largest absolute Gasteiger partial charge is 0.454 e. The molecular weight excluding hydrogens is 266 g/mol. The molecule has 0 aromatic heterocycles. The van der Waals surface area contributed by atoms with E-state index in [1.165, 1.54) is 31.8 Å². The first-order chi connectivity index (χ1) is 10.1. The van der Waals surface area contributed by atoms with Crippen molar-refractivity contribution in [2.75, 3.05) is 13.6 Å². The zero-order valence-electron chi connectivity index (χ0n) is 13.3. The molecule has 0 aromatic rings. The highest BCUT2D eigenvalue weighted by atomic mass is 16.5. The number of rotatable bonds is 10. The Bertz CT molecular complexity index is 401. The topological polar surface area (TPSA) is 46.6 Å². The number of likely N-dealkylation sites (N-methyl/N-ethyl adjacent to an activating group) is 1. The molecule has 0 bridgehead atoms. The van der Waals surface area contributed by atoms with E-state index in [-0.39, 0.29) is 12.0 Å². The maximum Gasteiger partial charge on any atom is 0.331 e. The van der Waals surface area contributed by atoms with E-state index in [1.807, 2.05) is 0 Å². The minimum atomic E-state index is -0.402. The average molecular weight is 293 g/mol. The third-order valence-corrected chi connectivity index (χ3v) is 3.70. The molecule has 1 unspecified atom stereocenters. The van der Waals surface area contributed by atoms with E-state index in [4.69, 9.17) is 4.74 Å². The Morgan fingerprint density at radius 2 is 2.00 bits per heavy atom. The molecule has 0 spiro atoms. The molecule has 0 aromatic carbocycles. The quantitative estimate of drug-likeness (QED) is 0.353. The second-order valence-corrected chi connectivity index (χ2v) is 5.56. The SMILES string of the molecule is C=CCN(C)C(=O)C1=CC(=O)OC1CCCCCCCC. The average Bonchev–Trinajstić information content (AvgIpc) is 2.83. The first kappa shape index (κ1) is 17.5. The second kappa shape index (κ2) is 9.37. The van der Waals surface area contributed by atoms with Crippen molar-refractivity contribution < 1.29 is 14.3 Å². The van der Waals surface area contributed by atoms with Crippen LogP contribution >= 0.6 is 0 Å². The van der Waals surface area contributed by atoms with E-state index in [9.17, 15) is 9.59 Å². The van der Waals surface area contributed by atoms with Crippen molar-refractivity contribution >= 4 is 11.9 Å². The molecule has 1 aliphatic heterocycles. The van der Waals surface area contributed by atoms with Gasteiger partial charge in [-0.15, -0.1) is 6.58 Å². The first-order valence-electron chi connectivity index (χ1n) is 7.88. The Kier molecular flexibility index (Phi) is 7.80. The maximum absolute atomic E-state index is 12.2. The monoisotopic (exact) mass is 293 g/mol. The third kappa shape index (κ3) is 5.74. The number of carbonyl (C=O) groups excluding carboxylic acids is 2. The molecule has 1 heterocycles. The molecular formula is C17H27NO3. The minimum absolute atomic E-state index is 0.142. The highest BCUT2D eigenvalue weighted by Gasteiger charge is 2.31. The summed E-state index contributed by atoms with van der Waals surface area (Å²) < 4.78 is 5.25. The molecule has 4 heteroatoms. The van der Waals surface area contributed by atoms with Gasteiger partial charge in [-0.3, -0.25) is 4.79 Å². The van der Waals surface area contributed by atoms with Crippen LogP contribution in [0.3, 0.4) is 0 Å². The van der Waals surface area contributed by atoms with Gasteiger partial charge in [0.05, 0.1) is 5.57 Å². The minimum Gasteiger partial charge on any atom is -0.454 e. The lowest BCUT2D eigenvalue weighted by atomic mass is 10.0. The van der Waals surface area contributed by atoms with Crippen molar-refractivity contribution in [3.05, 3.63) is 24.3 Å². The summed E-state index contributed by atoms with van der Waals surface area (Å²) >= 11 is 0. The van der Waals surface area contributed by atoms with Gasteiger partial charge >= 0.3 is 5.97 Å². The van der Waals surface area contributed by atoms with Gasteiger partial charge < -0.3 is 9.64 Å². The summed E-state index contributed by atoms with van der Waals surface area (Å²) in [5.74, 6) is -0.543. The van der Waals surface area contributed by atoms with Crippen LogP contribution < -0.4 is 0 Å². The van der Waals surface area contributed by atoms with Crippen LogP contribution in [0, 0.1) is 0 Å². The van der Waals surface area contributed by atoms with Crippen molar-refractivity contribution in [2.45, 2.75) is 58.0 Å². The van der Waals surface area contributed by atoms with E-state index >= 15 is 0 Å². The smallest absolute Gasteiger partial charge is 0.331 e. The van der Waals surface area contributed by atoms with Crippen molar-refractivity contribution in [2.24, 2.45) is 0 Å². The van der Waals surface area contributed by atoms with Crippen LogP contribution in [0.4, 0.5) is 0 Å². The standard InChI is InChI=1S/C17H27NO3/c1-4-6-7-8-9-10-11-15-14(13-16(19)21-15)17(20)18(3)12-5-2/h5,13,15H,2,4,6-12H2,1,3H3. The number of unbranched alkanes of at least 4 members (excludes halogenated alkanes) is 5. The van der Waals surface area contributed by atoms with Crippen LogP contribution in [0.1, 0.15) is 51.9 Å². The molecule has 21 heavy (non-hydrogen) atoms. The first-order valence-corrected chi connectivity index (χ1v) is 7.88. The molecule has 4 nitrogen and oxygen atoms in total. The lowest BCUT2D eigenvalue weighted by Gasteiger charge is -2.19. The van der Waals surface area contributed by atoms with Crippen LogP contribution in [-0.4, -0.2) is 36.5 Å². The zero-order chi connectivity index (χ0) is 15.7. The summed E-state index contributed by atoms with van der Waals surface area (Å²) in [4.78, 5) is 25.2. The summed E-state index contributed by atoms with van der Waals surface area (Å²) in [7, 11) is 1.70. The van der Waals surface area contributed by atoms with E-state index < -0.39 is 5.97 Å². The number of cyclic esters (lactones) is 1. The normalized spacial score (nSPS) is 17.3. The fourth-order valence-electron chi connectivity index (χ4n) is 2.48. The van der Waals surface area contributed by atoms with Gasteiger partial charge in [0.15, 0.2) is 0 Å². The predicted octanol–water partition coefficient (Wildman–Crippen LogP) is 3.23. The van der Waals surface area contributed by atoms with E-state index in [2.05, 4.69) is 13.5 Å². The molecule has 1 rings (SSSR count). The molecule has 1 aliphatic rings. The molecule has 118 valence electrons. The van der Waals surface area contributed by atoms with Gasteiger partial charge in [0.2, 0.25) is 0 Å². The van der Waals surface area contributed by atoms with E-state index in [0.29, 0.717) is 12.1 Å². The van der Waals surface area contributed by atoms with Crippen molar-refractivity contribution in [3.63, 3.8) is 0 Å². The molecule has 1 atom stereocenters. The van der Waals surface area contributed by atoms with Crippen LogP contribution in [0.2, 0.25) is 0 Å². The predicted molar refractivity (Wildman–Crippen MR) is 83.8 cm³/mol. The number of amides is 1. The second-order valence-electron chi connectivity index (χ2n) is 5.56. The van der Waals surface area contributed by atoms with Crippen molar-refractivity contribution in [3.8, 4) is 0 Å². The number of ether oxygens (including phenoxy) is 1. The number of carbonyl (C=O) groups is 2. The fraction of sp³-hybridized carbons (Fsp3) is 0.647. The molecule has 0 aliphatic carbocycles. The van der Waals surface area contributed by atoms with Gasteiger partial charge in [-0.2, -0.15) is 0 Å². The van der Waals surface area contributed by atoms with Crippen LogP contribution in [-0.2, 0) is 14.3 Å². The maximum atomic E-state index is 12.2. The molecule has 1 amide bonds. The molecule has 0 saturated heterocycles. The van der Waals surface area contributed by atoms with Gasteiger partial charge in [-0.1, -0.05) is 45.1 Å². The number of hydrogen-bond donors (Lipinski definition) is 0. The number of esters is 1. The Morgan fingerprint density at radius 3 is 2.67 bits per heavy atom. The summed E-state index contributed by atoms with van der Waals surface area (Å²) in [6.07, 6.45) is 10.4. The molecule has 0 saturated carbocycles. The Labute approximate surface area is 127 Å². The Balaban J connectivity index is 2.43. The molecule has 0 fully saturated rings. The molecule has 0 N–H and O–H groups in total. The van der Waals surface area contributed by atoms with Crippen LogP contribution in [0.25, 0.3) is 0 Å². The molecule has 0 radical (unpaired) electrons. The zero-order valence-corrected chi connectivity index (χ0v) is 13.3. The van der Waals surface area contributed by atoms with Gasteiger partial charge in [0.1, 0.15) is 6.10 Å². The Hall–Kier alpha value is -1.58. The van der Waals surface area contributed by atoms with Gasteiger partial charge in [-0.25, -0.2) is 4.79 Å². The Morgan fingerprint density at radius 1 is 1.33 bits per heavy atom. The summed E-state index contributed by atoms with van der Waals surface area (Å²) in [5.41, 5.74) is 0.484. The van der Waals surface area contributed by atoms with Gasteiger partial charge in [0.25, 0.3) is 5.91 Å².